The first-order valence-electron chi connectivity index (χ1n) is 9.12. The summed E-state index contributed by atoms with van der Waals surface area (Å²) in [7, 11) is 0. The van der Waals surface area contributed by atoms with Gasteiger partial charge in [0.1, 0.15) is 12.4 Å². The van der Waals surface area contributed by atoms with Crippen molar-refractivity contribution in [1.29, 1.82) is 0 Å². The summed E-state index contributed by atoms with van der Waals surface area (Å²) in [6, 6.07) is 10.5. The van der Waals surface area contributed by atoms with Crippen LogP contribution in [0.3, 0.4) is 0 Å². The first kappa shape index (κ1) is 16.3. The lowest BCUT2D eigenvalue weighted by atomic mass is 10.0. The number of hydrogen-bond acceptors (Lipinski definition) is 2. The van der Waals surface area contributed by atoms with Gasteiger partial charge in [0, 0.05) is 25.1 Å². The molecule has 1 saturated heterocycles. The first-order chi connectivity index (χ1) is 11.3. The van der Waals surface area contributed by atoms with Crippen molar-refractivity contribution in [2.45, 2.75) is 45.6 Å². The van der Waals surface area contributed by atoms with E-state index in [1.54, 1.807) is 0 Å². The van der Waals surface area contributed by atoms with Gasteiger partial charge in [0.2, 0.25) is 0 Å². The molecule has 2 nitrogen and oxygen atoms in total. The minimum atomic E-state index is 0.686. The third kappa shape index (κ3) is 4.71. The van der Waals surface area contributed by atoms with Gasteiger partial charge in [-0.05, 0) is 37.3 Å². The number of nitrogens with zero attached hydrogens (tertiary/aromatic N) is 1. The Morgan fingerprint density at radius 2 is 2.09 bits per heavy atom. The highest BCUT2D eigenvalue weighted by molar-refractivity contribution is 5.28. The maximum atomic E-state index is 6.17. The normalized spacial score (nSPS) is 21.9. The molecule has 1 atom stereocenters. The fourth-order valence-corrected chi connectivity index (χ4v) is 3.69. The second-order valence-electron chi connectivity index (χ2n) is 6.84. The smallest absolute Gasteiger partial charge is 0.113 e. The predicted molar refractivity (Wildman–Crippen MR) is 96.1 cm³/mol. The fourth-order valence-electron chi connectivity index (χ4n) is 3.69. The second-order valence-corrected chi connectivity index (χ2v) is 6.84. The summed E-state index contributed by atoms with van der Waals surface area (Å²) < 4.78 is 6.17. The average Bonchev–Trinajstić information content (AvgIpc) is 3.03. The van der Waals surface area contributed by atoms with Crippen molar-refractivity contribution in [1.82, 2.24) is 4.90 Å². The summed E-state index contributed by atoms with van der Waals surface area (Å²) >= 11 is 0. The predicted octanol–water partition coefficient (Wildman–Crippen LogP) is 4.93. The lowest BCUT2D eigenvalue weighted by molar-refractivity contribution is 0.182. The SMILES string of the molecule is CCCC1CCN(CC2=C(OCc3ccccc3)CCC=C2)C1. The zero-order chi connectivity index (χ0) is 15.9. The number of rotatable bonds is 7. The van der Waals surface area contributed by atoms with Crippen LogP contribution in [0, 0.1) is 5.92 Å². The van der Waals surface area contributed by atoms with E-state index in [0.717, 1.165) is 25.3 Å². The van der Waals surface area contributed by atoms with Crippen LogP contribution in [0.5, 0.6) is 0 Å². The van der Waals surface area contributed by atoms with Gasteiger partial charge >= 0.3 is 0 Å². The Labute approximate surface area is 140 Å². The summed E-state index contributed by atoms with van der Waals surface area (Å²) in [6.07, 6.45) is 10.8. The first-order valence-corrected chi connectivity index (χ1v) is 9.12. The van der Waals surface area contributed by atoms with Crippen LogP contribution in [0.1, 0.15) is 44.6 Å². The largest absolute Gasteiger partial charge is 0.493 e. The number of allylic oxidation sites excluding steroid dienone is 2. The van der Waals surface area contributed by atoms with Crippen LogP contribution >= 0.6 is 0 Å². The standard InChI is InChI=1S/C21H29NO/c1-2-8-18-13-14-22(15-18)16-20-11-6-7-12-21(20)23-17-19-9-4-3-5-10-19/h3-6,9-11,18H,2,7-8,12-17H2,1H3. The monoisotopic (exact) mass is 311 g/mol. The van der Waals surface area contributed by atoms with Gasteiger partial charge < -0.3 is 4.74 Å². The molecular formula is C21H29NO. The fraction of sp³-hybridized carbons (Fsp3) is 0.524. The van der Waals surface area contributed by atoms with E-state index < -0.39 is 0 Å². The molecule has 0 N–H and O–H groups in total. The van der Waals surface area contributed by atoms with Gasteiger partial charge in [0.05, 0.1) is 0 Å². The van der Waals surface area contributed by atoms with Gasteiger partial charge in [0.15, 0.2) is 0 Å². The van der Waals surface area contributed by atoms with Crippen LogP contribution in [0.25, 0.3) is 0 Å². The van der Waals surface area contributed by atoms with Crippen molar-refractivity contribution in [3.8, 4) is 0 Å². The molecule has 0 bridgehead atoms. The minimum absolute atomic E-state index is 0.686. The van der Waals surface area contributed by atoms with Crippen LogP contribution in [0.4, 0.5) is 0 Å². The highest BCUT2D eigenvalue weighted by atomic mass is 16.5. The molecule has 0 radical (unpaired) electrons. The van der Waals surface area contributed by atoms with Crippen molar-refractivity contribution >= 4 is 0 Å². The van der Waals surface area contributed by atoms with E-state index in [-0.39, 0.29) is 0 Å². The number of hydrogen-bond donors (Lipinski definition) is 0. The molecule has 0 saturated carbocycles. The van der Waals surface area contributed by atoms with Gasteiger partial charge in [-0.15, -0.1) is 0 Å². The number of likely N-dealkylation sites (tertiary alicyclic amines) is 1. The van der Waals surface area contributed by atoms with Crippen molar-refractivity contribution < 1.29 is 4.74 Å². The lowest BCUT2D eigenvalue weighted by Gasteiger charge is -2.22. The van der Waals surface area contributed by atoms with Crippen molar-refractivity contribution in [2.24, 2.45) is 5.92 Å². The molecule has 2 heteroatoms. The molecule has 1 unspecified atom stereocenters. The number of ether oxygens (including phenoxy) is 1. The Morgan fingerprint density at radius 1 is 1.22 bits per heavy atom. The van der Waals surface area contributed by atoms with Crippen LogP contribution < -0.4 is 0 Å². The van der Waals surface area contributed by atoms with Gasteiger partial charge in [-0.3, -0.25) is 4.90 Å². The quantitative estimate of drug-likeness (QED) is 0.708. The van der Waals surface area contributed by atoms with Crippen LogP contribution in [0.15, 0.2) is 53.8 Å². The lowest BCUT2D eigenvalue weighted by Crippen LogP contribution is -2.24. The third-order valence-electron chi connectivity index (χ3n) is 4.93. The molecule has 124 valence electrons. The molecule has 3 rings (SSSR count). The van der Waals surface area contributed by atoms with E-state index in [0.29, 0.717) is 6.61 Å². The van der Waals surface area contributed by atoms with Crippen LogP contribution in [0.2, 0.25) is 0 Å². The summed E-state index contributed by atoms with van der Waals surface area (Å²) in [5, 5.41) is 0. The summed E-state index contributed by atoms with van der Waals surface area (Å²) in [5.74, 6) is 2.11. The molecule has 0 amide bonds. The molecule has 1 aromatic carbocycles. The van der Waals surface area contributed by atoms with E-state index in [2.05, 4.69) is 54.3 Å². The maximum absolute atomic E-state index is 6.17. The molecular weight excluding hydrogens is 282 g/mol. The Morgan fingerprint density at radius 3 is 2.91 bits per heavy atom. The van der Waals surface area contributed by atoms with E-state index in [1.807, 2.05) is 0 Å². The van der Waals surface area contributed by atoms with Crippen molar-refractivity contribution in [2.75, 3.05) is 19.6 Å². The van der Waals surface area contributed by atoms with Gasteiger partial charge in [-0.2, -0.15) is 0 Å². The zero-order valence-corrected chi connectivity index (χ0v) is 14.3. The molecule has 1 fully saturated rings. The highest BCUT2D eigenvalue weighted by Gasteiger charge is 2.23. The zero-order valence-electron chi connectivity index (χ0n) is 14.3. The number of benzene rings is 1. The van der Waals surface area contributed by atoms with Crippen LogP contribution in [-0.2, 0) is 11.3 Å². The third-order valence-corrected chi connectivity index (χ3v) is 4.93. The average molecular weight is 311 g/mol. The Balaban J connectivity index is 1.58. The van der Waals surface area contributed by atoms with Crippen molar-refractivity contribution in [3.05, 3.63) is 59.4 Å². The highest BCUT2D eigenvalue weighted by Crippen LogP contribution is 2.26. The molecule has 0 aromatic heterocycles. The Bertz CT molecular complexity index is 546. The molecule has 2 aliphatic rings. The topological polar surface area (TPSA) is 12.5 Å². The second kappa shape index (κ2) is 8.35. The Hall–Kier alpha value is -1.54. The van der Waals surface area contributed by atoms with Crippen molar-refractivity contribution in [3.63, 3.8) is 0 Å². The summed E-state index contributed by atoms with van der Waals surface area (Å²) in [6.45, 7) is 6.54. The van der Waals surface area contributed by atoms with E-state index >= 15 is 0 Å². The molecule has 1 aromatic rings. The molecule has 0 spiro atoms. The summed E-state index contributed by atoms with van der Waals surface area (Å²) in [5.41, 5.74) is 2.64. The molecule has 1 aliphatic heterocycles. The maximum Gasteiger partial charge on any atom is 0.113 e. The van der Waals surface area contributed by atoms with Gasteiger partial charge in [-0.25, -0.2) is 0 Å². The molecule has 23 heavy (non-hydrogen) atoms. The molecule has 1 heterocycles. The minimum Gasteiger partial charge on any atom is -0.493 e. The van der Waals surface area contributed by atoms with Gasteiger partial charge in [-0.1, -0.05) is 55.8 Å². The van der Waals surface area contributed by atoms with Crippen LogP contribution in [-0.4, -0.2) is 24.5 Å². The van der Waals surface area contributed by atoms with E-state index in [9.17, 15) is 0 Å². The van der Waals surface area contributed by atoms with E-state index in [4.69, 9.17) is 4.74 Å². The Kier molecular flexibility index (Phi) is 5.93. The van der Waals surface area contributed by atoms with Gasteiger partial charge in [0.25, 0.3) is 0 Å². The molecule has 1 aliphatic carbocycles. The summed E-state index contributed by atoms with van der Waals surface area (Å²) in [4.78, 5) is 2.61. The van der Waals surface area contributed by atoms with E-state index in [1.165, 1.54) is 49.2 Å².